The molecule has 0 radical (unpaired) electrons. The molecule has 0 spiro atoms. The summed E-state index contributed by atoms with van der Waals surface area (Å²) in [5.41, 5.74) is 0.291. The molecule has 3 nitrogen and oxygen atoms in total. The molecular formula is C11H7ClFIN2O. The first-order chi connectivity index (χ1) is 8.06. The van der Waals surface area contributed by atoms with Crippen LogP contribution in [0.1, 0.15) is 5.56 Å². The van der Waals surface area contributed by atoms with Crippen molar-refractivity contribution >= 4 is 34.2 Å². The average Bonchev–Trinajstić information content (AvgIpc) is 2.27. The van der Waals surface area contributed by atoms with Crippen molar-refractivity contribution < 1.29 is 4.39 Å². The fourth-order valence-electron chi connectivity index (χ4n) is 1.36. The van der Waals surface area contributed by atoms with Crippen LogP contribution in [0.4, 0.5) is 4.39 Å². The van der Waals surface area contributed by atoms with Crippen LogP contribution < -0.4 is 5.56 Å². The Hall–Kier alpha value is -0.950. The number of benzene rings is 1. The smallest absolute Gasteiger partial charge is 0.268 e. The fraction of sp³-hybridized carbons (Fsp3) is 0.0909. The molecule has 0 bridgehead atoms. The number of aromatic nitrogens is 2. The highest BCUT2D eigenvalue weighted by molar-refractivity contribution is 14.1. The number of nitrogens with zero attached hydrogens (tertiary/aromatic N) is 2. The molecule has 0 atom stereocenters. The first-order valence-corrected chi connectivity index (χ1v) is 6.18. The van der Waals surface area contributed by atoms with E-state index in [1.54, 1.807) is 6.20 Å². The molecule has 0 aliphatic rings. The summed E-state index contributed by atoms with van der Waals surface area (Å²) in [4.78, 5) is 11.6. The molecule has 2 rings (SSSR count). The second-order valence-electron chi connectivity index (χ2n) is 3.41. The van der Waals surface area contributed by atoms with E-state index in [0.717, 1.165) is 3.57 Å². The van der Waals surface area contributed by atoms with Gasteiger partial charge in [0.2, 0.25) is 0 Å². The van der Waals surface area contributed by atoms with E-state index in [4.69, 9.17) is 11.6 Å². The van der Waals surface area contributed by atoms with Crippen molar-refractivity contribution in [2.75, 3.05) is 0 Å². The Morgan fingerprint density at radius 2 is 2.18 bits per heavy atom. The largest absolute Gasteiger partial charge is 0.268 e. The third kappa shape index (κ3) is 3.04. The lowest BCUT2D eigenvalue weighted by atomic mass is 10.2. The molecule has 1 aromatic heterocycles. The molecule has 0 fully saturated rings. The maximum Gasteiger partial charge on any atom is 0.268 e. The minimum atomic E-state index is -0.386. The lowest BCUT2D eigenvalue weighted by molar-refractivity contribution is 0.610. The first kappa shape index (κ1) is 12.5. The van der Waals surface area contributed by atoms with Crippen LogP contribution in [0.5, 0.6) is 0 Å². The number of hydrogen-bond donors (Lipinski definition) is 0. The van der Waals surface area contributed by atoms with Crippen LogP contribution in [0.3, 0.4) is 0 Å². The summed E-state index contributed by atoms with van der Waals surface area (Å²) in [6.07, 6.45) is 1.56. The summed E-state index contributed by atoms with van der Waals surface area (Å²) in [7, 11) is 0. The van der Waals surface area contributed by atoms with Crippen molar-refractivity contribution in [2.45, 2.75) is 6.54 Å². The van der Waals surface area contributed by atoms with Gasteiger partial charge < -0.3 is 0 Å². The van der Waals surface area contributed by atoms with Crippen LogP contribution >= 0.6 is 34.2 Å². The topological polar surface area (TPSA) is 34.9 Å². The molecule has 0 N–H and O–H groups in total. The van der Waals surface area contributed by atoms with Crippen LogP contribution in [0.25, 0.3) is 0 Å². The Labute approximate surface area is 115 Å². The molecule has 6 heteroatoms. The standard InChI is InChI=1S/C11H7ClFIN2O/c12-10-2-1-8(13)3-7(10)6-16-11(17)4-9(14)5-15-16/h1-5H,6H2. The fourth-order valence-corrected chi connectivity index (χ4v) is 1.92. The molecule has 2 aromatic rings. The normalized spacial score (nSPS) is 10.5. The van der Waals surface area contributed by atoms with Crippen molar-refractivity contribution in [3.63, 3.8) is 0 Å². The lowest BCUT2D eigenvalue weighted by Gasteiger charge is -2.06. The molecule has 0 aliphatic carbocycles. The van der Waals surface area contributed by atoms with Gasteiger partial charge in [0.15, 0.2) is 0 Å². The minimum absolute atomic E-state index is 0.159. The summed E-state index contributed by atoms with van der Waals surface area (Å²) in [5.74, 6) is -0.386. The Kier molecular flexibility index (Phi) is 3.78. The molecular weight excluding hydrogens is 357 g/mol. The van der Waals surface area contributed by atoms with Gasteiger partial charge in [0.05, 0.1) is 12.7 Å². The third-order valence-electron chi connectivity index (χ3n) is 2.16. The van der Waals surface area contributed by atoms with E-state index < -0.39 is 0 Å². The summed E-state index contributed by atoms with van der Waals surface area (Å²) in [6.45, 7) is 0.159. The quantitative estimate of drug-likeness (QED) is 0.768. The summed E-state index contributed by atoms with van der Waals surface area (Å²) in [6, 6.07) is 5.50. The van der Waals surface area contributed by atoms with Gasteiger partial charge in [0, 0.05) is 14.7 Å². The zero-order chi connectivity index (χ0) is 12.4. The Bertz CT molecular complexity index is 615. The summed E-state index contributed by atoms with van der Waals surface area (Å²) < 4.78 is 15.0. The van der Waals surface area contributed by atoms with Gasteiger partial charge in [-0.3, -0.25) is 4.79 Å². The minimum Gasteiger partial charge on any atom is -0.268 e. The molecule has 0 saturated carbocycles. The van der Waals surface area contributed by atoms with Crippen LogP contribution in [0.15, 0.2) is 35.3 Å². The van der Waals surface area contributed by atoms with E-state index in [9.17, 15) is 9.18 Å². The van der Waals surface area contributed by atoms with Crippen LogP contribution in [-0.4, -0.2) is 9.78 Å². The molecule has 0 unspecified atom stereocenters. The van der Waals surface area contributed by atoms with Gasteiger partial charge >= 0.3 is 0 Å². The van der Waals surface area contributed by atoms with Gasteiger partial charge in [-0.25, -0.2) is 9.07 Å². The van der Waals surface area contributed by atoms with Gasteiger partial charge in [0.1, 0.15) is 5.82 Å². The highest BCUT2D eigenvalue weighted by Gasteiger charge is 2.05. The van der Waals surface area contributed by atoms with Crippen LogP contribution in [0.2, 0.25) is 5.02 Å². The number of rotatable bonds is 2. The molecule has 0 aliphatic heterocycles. The number of hydrogen-bond acceptors (Lipinski definition) is 2. The van der Waals surface area contributed by atoms with Gasteiger partial charge in [-0.1, -0.05) is 11.6 Å². The molecule has 1 heterocycles. The van der Waals surface area contributed by atoms with Gasteiger partial charge in [0.25, 0.3) is 5.56 Å². The van der Waals surface area contributed by atoms with E-state index in [2.05, 4.69) is 5.10 Å². The lowest BCUT2D eigenvalue weighted by Crippen LogP contribution is -2.22. The molecule has 17 heavy (non-hydrogen) atoms. The van der Waals surface area contributed by atoms with E-state index in [1.807, 2.05) is 22.6 Å². The van der Waals surface area contributed by atoms with Crippen molar-refractivity contribution in [1.29, 1.82) is 0 Å². The van der Waals surface area contributed by atoms with Crippen molar-refractivity contribution in [2.24, 2.45) is 0 Å². The van der Waals surface area contributed by atoms with Crippen LogP contribution in [-0.2, 0) is 6.54 Å². The van der Waals surface area contributed by atoms with Crippen LogP contribution in [0, 0.1) is 9.39 Å². The maximum atomic E-state index is 13.0. The molecule has 1 aromatic carbocycles. The zero-order valence-corrected chi connectivity index (χ0v) is 11.4. The second-order valence-corrected chi connectivity index (χ2v) is 5.06. The predicted molar refractivity (Wildman–Crippen MR) is 71.7 cm³/mol. The van der Waals surface area contributed by atoms with Crippen molar-refractivity contribution in [3.05, 3.63) is 60.8 Å². The predicted octanol–water partition coefficient (Wildman–Crippen LogP) is 2.69. The highest BCUT2D eigenvalue weighted by atomic mass is 127. The van der Waals surface area contributed by atoms with E-state index in [-0.39, 0.29) is 17.9 Å². The maximum absolute atomic E-state index is 13.0. The van der Waals surface area contributed by atoms with E-state index >= 15 is 0 Å². The van der Waals surface area contributed by atoms with Crippen molar-refractivity contribution in [1.82, 2.24) is 9.78 Å². The average molecular weight is 365 g/mol. The number of halogens is 3. The SMILES string of the molecule is O=c1cc(I)cnn1Cc1cc(F)ccc1Cl. The van der Waals surface area contributed by atoms with Gasteiger partial charge in [-0.05, 0) is 46.4 Å². The zero-order valence-electron chi connectivity index (χ0n) is 8.53. The third-order valence-corrected chi connectivity index (χ3v) is 3.12. The molecule has 0 saturated heterocycles. The highest BCUT2D eigenvalue weighted by Crippen LogP contribution is 2.17. The second kappa shape index (κ2) is 5.14. The Morgan fingerprint density at radius 3 is 2.88 bits per heavy atom. The summed E-state index contributed by atoms with van der Waals surface area (Å²) in [5, 5.41) is 4.37. The van der Waals surface area contributed by atoms with Gasteiger partial charge in [-0.15, -0.1) is 0 Å². The molecule has 0 amide bonds. The Morgan fingerprint density at radius 1 is 1.41 bits per heavy atom. The van der Waals surface area contributed by atoms with E-state index in [1.165, 1.54) is 28.9 Å². The Balaban J connectivity index is 2.38. The van der Waals surface area contributed by atoms with Gasteiger partial charge in [-0.2, -0.15) is 5.10 Å². The van der Waals surface area contributed by atoms with Crippen molar-refractivity contribution in [3.8, 4) is 0 Å². The first-order valence-electron chi connectivity index (χ1n) is 4.73. The summed E-state index contributed by atoms with van der Waals surface area (Å²) >= 11 is 7.92. The van der Waals surface area contributed by atoms with E-state index in [0.29, 0.717) is 10.6 Å². The molecule has 88 valence electrons. The monoisotopic (exact) mass is 364 g/mol.